The molecule has 0 aliphatic rings. The van der Waals surface area contributed by atoms with Crippen LogP contribution in [0.4, 0.5) is 11.4 Å². The number of hydrogen-bond donors (Lipinski definition) is 2. The molecule has 1 atom stereocenters. The molecule has 2 aromatic carbocycles. The molecule has 3 rings (SSSR count). The van der Waals surface area contributed by atoms with E-state index in [1.165, 1.54) is 14.0 Å². The van der Waals surface area contributed by atoms with Gasteiger partial charge in [-0.1, -0.05) is 24.3 Å². The van der Waals surface area contributed by atoms with E-state index in [0.717, 1.165) is 16.8 Å². The summed E-state index contributed by atoms with van der Waals surface area (Å²) in [6.07, 6.45) is -1.06. The number of H-pyrrole nitrogens is 1. The first-order valence-electron chi connectivity index (χ1n) is 10.6. The Labute approximate surface area is 193 Å². The number of carbonyl (C=O) groups is 3. The second-order valence-electron chi connectivity index (χ2n) is 7.95. The first-order chi connectivity index (χ1) is 15.6. The third-order valence-corrected chi connectivity index (χ3v) is 5.75. The van der Waals surface area contributed by atoms with Crippen LogP contribution in [0, 0.1) is 27.7 Å². The van der Waals surface area contributed by atoms with Crippen molar-refractivity contribution < 1.29 is 23.9 Å². The average molecular weight is 449 g/mol. The summed E-state index contributed by atoms with van der Waals surface area (Å²) >= 11 is 0. The van der Waals surface area contributed by atoms with Crippen molar-refractivity contribution in [1.29, 1.82) is 0 Å². The Morgan fingerprint density at radius 1 is 0.879 bits per heavy atom. The Bertz CT molecular complexity index is 1230. The van der Waals surface area contributed by atoms with Crippen LogP contribution in [-0.2, 0) is 9.47 Å². The van der Waals surface area contributed by atoms with Crippen LogP contribution in [0.15, 0.2) is 42.5 Å². The number of aryl methyl sites for hydroxylation is 2. The van der Waals surface area contributed by atoms with Crippen molar-refractivity contribution in [3.8, 4) is 0 Å². The van der Waals surface area contributed by atoms with Crippen LogP contribution in [0.3, 0.4) is 0 Å². The van der Waals surface area contributed by atoms with Crippen molar-refractivity contribution >= 4 is 29.1 Å². The number of anilines is 2. The van der Waals surface area contributed by atoms with Gasteiger partial charge < -0.3 is 19.8 Å². The number of ether oxygens (including phenoxy) is 2. The third-order valence-electron chi connectivity index (χ3n) is 5.75. The Kier molecular flexibility index (Phi) is 7.01. The Balaban J connectivity index is 1.82. The van der Waals surface area contributed by atoms with Crippen LogP contribution < -0.4 is 5.32 Å². The molecule has 1 aromatic heterocycles. The van der Waals surface area contributed by atoms with Crippen LogP contribution in [0.25, 0.3) is 0 Å². The van der Waals surface area contributed by atoms with Crippen LogP contribution >= 0.6 is 0 Å². The molecule has 0 spiro atoms. The molecule has 0 bridgehead atoms. The van der Waals surface area contributed by atoms with Gasteiger partial charge in [0, 0.05) is 11.4 Å². The van der Waals surface area contributed by atoms with Crippen molar-refractivity contribution in [2.75, 3.05) is 12.4 Å². The molecular formula is C26H28N2O5. The molecule has 0 saturated heterocycles. The number of nitrogens with one attached hydrogen (secondary N) is 2. The zero-order valence-corrected chi connectivity index (χ0v) is 19.7. The number of benzene rings is 2. The van der Waals surface area contributed by atoms with E-state index in [4.69, 9.17) is 9.47 Å². The van der Waals surface area contributed by atoms with Gasteiger partial charge in [0.05, 0.1) is 29.6 Å². The summed E-state index contributed by atoms with van der Waals surface area (Å²) in [5, 5.41) is 3.29. The maximum absolute atomic E-state index is 13.0. The highest BCUT2D eigenvalue weighted by molar-refractivity contribution is 6.05. The largest absolute Gasteiger partial charge is 0.465 e. The first kappa shape index (κ1) is 23.8. The molecule has 0 radical (unpaired) electrons. The summed E-state index contributed by atoms with van der Waals surface area (Å²) in [6, 6.07) is 12.9. The topological polar surface area (TPSA) is 97.5 Å². The van der Waals surface area contributed by atoms with E-state index in [2.05, 4.69) is 10.3 Å². The molecule has 7 heteroatoms. The highest BCUT2D eigenvalue weighted by atomic mass is 16.5. The maximum Gasteiger partial charge on any atom is 0.340 e. The predicted octanol–water partition coefficient (Wildman–Crippen LogP) is 5.21. The molecule has 0 aliphatic heterocycles. The number of para-hydroxylation sites is 1. The molecule has 0 saturated carbocycles. The highest BCUT2D eigenvalue weighted by Gasteiger charge is 2.28. The van der Waals surface area contributed by atoms with Crippen molar-refractivity contribution in [3.05, 3.63) is 81.7 Å². The zero-order valence-electron chi connectivity index (χ0n) is 19.7. The van der Waals surface area contributed by atoms with E-state index in [1.807, 2.05) is 38.1 Å². The SMILES string of the molecule is COC(=O)c1c(C)[nH]c(C(=O)[C@H](C)OC(=O)c2ccccc2Nc2cccc(C)c2C)c1C. The minimum absolute atomic E-state index is 0.218. The number of carbonyl (C=O) groups excluding carboxylic acids is 3. The standard InChI is InChI=1S/C26H28N2O5/c1-14-10-9-13-20(15(14)2)28-21-12-8-7-11-19(21)25(30)33-18(5)24(29)23-16(3)22(17(4)27-23)26(31)32-6/h7-13,18,27-28H,1-6H3/t18-/m0/s1. The van der Waals surface area contributed by atoms with Gasteiger partial charge in [0.1, 0.15) is 0 Å². The molecular weight excluding hydrogens is 420 g/mol. The van der Waals surface area contributed by atoms with Crippen LogP contribution in [0.5, 0.6) is 0 Å². The summed E-state index contributed by atoms with van der Waals surface area (Å²) < 4.78 is 10.3. The summed E-state index contributed by atoms with van der Waals surface area (Å²) in [5.41, 5.74) is 5.48. The normalized spacial score (nSPS) is 11.6. The first-order valence-corrected chi connectivity index (χ1v) is 10.6. The Hall–Kier alpha value is -3.87. The van der Waals surface area contributed by atoms with Crippen molar-refractivity contribution in [2.45, 2.75) is 40.7 Å². The van der Waals surface area contributed by atoms with Gasteiger partial charge in [-0.15, -0.1) is 0 Å². The number of aromatic nitrogens is 1. The average Bonchev–Trinajstić information content (AvgIpc) is 3.09. The van der Waals surface area contributed by atoms with E-state index in [9.17, 15) is 14.4 Å². The number of esters is 2. The van der Waals surface area contributed by atoms with Crippen molar-refractivity contribution in [2.24, 2.45) is 0 Å². The van der Waals surface area contributed by atoms with Gasteiger partial charge in [-0.25, -0.2) is 9.59 Å². The number of rotatable bonds is 7. The summed E-state index contributed by atoms with van der Waals surface area (Å²) in [4.78, 5) is 40.9. The molecule has 1 heterocycles. The summed E-state index contributed by atoms with van der Waals surface area (Å²) in [7, 11) is 1.28. The van der Waals surface area contributed by atoms with Gasteiger partial charge in [-0.2, -0.15) is 0 Å². The lowest BCUT2D eigenvalue weighted by Gasteiger charge is -2.16. The van der Waals surface area contributed by atoms with Crippen LogP contribution in [0.1, 0.15) is 60.5 Å². The lowest BCUT2D eigenvalue weighted by molar-refractivity contribution is 0.0317. The van der Waals surface area contributed by atoms with Gasteiger partial charge >= 0.3 is 11.9 Å². The minimum Gasteiger partial charge on any atom is -0.465 e. The number of Topliss-reactive ketones (excluding diaryl/α,β-unsaturated/α-hetero) is 1. The van der Waals surface area contributed by atoms with Crippen molar-refractivity contribution in [1.82, 2.24) is 4.98 Å². The zero-order chi connectivity index (χ0) is 24.3. The highest BCUT2D eigenvalue weighted by Crippen LogP contribution is 2.26. The molecule has 2 N–H and O–H groups in total. The molecule has 0 aliphatic carbocycles. The van der Waals surface area contributed by atoms with Crippen LogP contribution in [0.2, 0.25) is 0 Å². The second-order valence-corrected chi connectivity index (χ2v) is 7.95. The summed E-state index contributed by atoms with van der Waals surface area (Å²) in [6.45, 7) is 8.86. The Morgan fingerprint density at radius 3 is 2.24 bits per heavy atom. The summed E-state index contributed by atoms with van der Waals surface area (Å²) in [5.74, 6) is -1.59. The van der Waals surface area contributed by atoms with Gasteiger partial charge in [-0.05, 0) is 69.5 Å². The fraction of sp³-hybridized carbons (Fsp3) is 0.269. The van der Waals surface area contributed by atoms with Gasteiger partial charge in [0.15, 0.2) is 6.10 Å². The van der Waals surface area contributed by atoms with Gasteiger partial charge in [0.2, 0.25) is 5.78 Å². The van der Waals surface area contributed by atoms with Crippen molar-refractivity contribution in [3.63, 3.8) is 0 Å². The molecule has 33 heavy (non-hydrogen) atoms. The monoisotopic (exact) mass is 448 g/mol. The smallest absolute Gasteiger partial charge is 0.340 e. The molecule has 0 amide bonds. The lowest BCUT2D eigenvalue weighted by atomic mass is 10.1. The lowest BCUT2D eigenvalue weighted by Crippen LogP contribution is -2.25. The quantitative estimate of drug-likeness (QED) is 0.381. The predicted molar refractivity (Wildman–Crippen MR) is 126 cm³/mol. The molecule has 3 aromatic rings. The number of methoxy groups -OCH3 is 1. The van der Waals surface area contributed by atoms with E-state index < -0.39 is 23.8 Å². The maximum atomic E-state index is 13.0. The number of aromatic amines is 1. The molecule has 172 valence electrons. The van der Waals surface area contributed by atoms with E-state index in [1.54, 1.807) is 32.0 Å². The molecule has 0 unspecified atom stereocenters. The number of ketones is 1. The minimum atomic E-state index is -1.06. The van der Waals surface area contributed by atoms with E-state index >= 15 is 0 Å². The Morgan fingerprint density at radius 2 is 1.55 bits per heavy atom. The van der Waals surface area contributed by atoms with Gasteiger partial charge in [0.25, 0.3) is 0 Å². The molecule has 0 fully saturated rings. The number of hydrogen-bond acceptors (Lipinski definition) is 6. The van der Waals surface area contributed by atoms with Crippen LogP contribution in [-0.4, -0.2) is 35.9 Å². The van der Waals surface area contributed by atoms with E-state index in [-0.39, 0.29) is 5.69 Å². The molecule has 7 nitrogen and oxygen atoms in total. The fourth-order valence-electron chi connectivity index (χ4n) is 3.69. The van der Waals surface area contributed by atoms with Gasteiger partial charge in [-0.3, -0.25) is 4.79 Å². The third kappa shape index (κ3) is 4.82. The fourth-order valence-corrected chi connectivity index (χ4v) is 3.69. The second kappa shape index (κ2) is 9.73. The van der Waals surface area contributed by atoms with E-state index in [0.29, 0.717) is 28.1 Å².